The van der Waals surface area contributed by atoms with Crippen LogP contribution in [0, 0.1) is 13.8 Å². The van der Waals surface area contributed by atoms with Crippen LogP contribution in [0.3, 0.4) is 0 Å². The first kappa shape index (κ1) is 9.64. The minimum atomic E-state index is -0.451. The molecule has 0 radical (unpaired) electrons. The number of aromatic nitrogens is 2. The van der Waals surface area contributed by atoms with E-state index in [4.69, 9.17) is 4.42 Å². The van der Waals surface area contributed by atoms with E-state index in [1.165, 1.54) is 17.7 Å². The summed E-state index contributed by atoms with van der Waals surface area (Å²) in [5.74, 6) is -0.203. The quantitative estimate of drug-likeness (QED) is 0.651. The van der Waals surface area contributed by atoms with Gasteiger partial charge in [-0.05, 0) is 19.4 Å². The van der Waals surface area contributed by atoms with E-state index in [0.717, 1.165) is 10.9 Å². The molecule has 0 saturated heterocycles. The first-order valence-electron chi connectivity index (χ1n) is 4.51. The first-order chi connectivity index (χ1) is 7.00. The van der Waals surface area contributed by atoms with E-state index in [2.05, 4.69) is 5.10 Å². The summed E-state index contributed by atoms with van der Waals surface area (Å²) in [4.78, 5) is 22.3. The molecule has 0 spiro atoms. The van der Waals surface area contributed by atoms with Gasteiger partial charge in [-0.3, -0.25) is 4.79 Å². The van der Waals surface area contributed by atoms with Crippen molar-refractivity contribution in [3.63, 3.8) is 0 Å². The van der Waals surface area contributed by atoms with Gasteiger partial charge < -0.3 is 4.42 Å². The van der Waals surface area contributed by atoms with Crippen molar-refractivity contribution in [2.45, 2.75) is 20.8 Å². The third-order valence-corrected chi connectivity index (χ3v) is 2.31. The lowest BCUT2D eigenvalue weighted by Crippen LogP contribution is -2.08. The molecule has 0 N–H and O–H groups in total. The fourth-order valence-electron chi connectivity index (χ4n) is 1.68. The number of carbonyl (C=O) groups excluding carboxylic acids is 1. The molecule has 0 fully saturated rings. The van der Waals surface area contributed by atoms with Crippen molar-refractivity contribution in [1.29, 1.82) is 0 Å². The number of rotatable bonds is 0. The lowest BCUT2D eigenvalue weighted by Gasteiger charge is -1.96. The van der Waals surface area contributed by atoms with Crippen LogP contribution in [0.5, 0.6) is 0 Å². The summed E-state index contributed by atoms with van der Waals surface area (Å²) < 4.78 is 6.15. The molecular formula is C10H10N2O3. The van der Waals surface area contributed by atoms with Crippen LogP contribution in [-0.2, 0) is 0 Å². The number of hydrogen-bond donors (Lipinski definition) is 0. The number of aryl methyl sites for hydroxylation is 2. The largest absolute Gasteiger partial charge is 0.402 e. The van der Waals surface area contributed by atoms with E-state index in [0.29, 0.717) is 5.69 Å². The Kier molecular flexibility index (Phi) is 1.96. The lowest BCUT2D eigenvalue weighted by atomic mass is 10.2. The van der Waals surface area contributed by atoms with Crippen molar-refractivity contribution in [1.82, 2.24) is 9.78 Å². The molecule has 0 aromatic carbocycles. The van der Waals surface area contributed by atoms with Gasteiger partial charge in [0.15, 0.2) is 0 Å². The molecule has 0 aliphatic heterocycles. The second kappa shape index (κ2) is 3.05. The zero-order chi connectivity index (χ0) is 11.2. The molecule has 5 nitrogen and oxygen atoms in total. The second-order valence-electron chi connectivity index (χ2n) is 3.44. The fraction of sp³-hybridized carbons (Fsp3) is 0.300. The third kappa shape index (κ3) is 1.36. The molecule has 2 heterocycles. The van der Waals surface area contributed by atoms with Crippen molar-refractivity contribution in [2.75, 3.05) is 0 Å². The highest BCUT2D eigenvalue weighted by Gasteiger charge is 2.14. The predicted octanol–water partition coefficient (Wildman–Crippen LogP) is 1.27. The zero-order valence-electron chi connectivity index (χ0n) is 8.70. The van der Waals surface area contributed by atoms with Crippen LogP contribution >= 0.6 is 0 Å². The van der Waals surface area contributed by atoms with E-state index in [1.54, 1.807) is 13.8 Å². The van der Waals surface area contributed by atoms with E-state index in [1.807, 2.05) is 0 Å². The summed E-state index contributed by atoms with van der Waals surface area (Å²) in [5, 5.41) is 4.66. The van der Waals surface area contributed by atoms with Gasteiger partial charge in [0.05, 0.1) is 11.1 Å². The number of fused-ring (bicyclic) bond motifs is 1. The minimum Gasteiger partial charge on any atom is -0.402 e. The summed E-state index contributed by atoms with van der Waals surface area (Å²) in [6.45, 7) is 4.97. The Bertz CT molecular complexity index is 607. The average molecular weight is 206 g/mol. The van der Waals surface area contributed by atoms with Gasteiger partial charge in [0.2, 0.25) is 11.6 Å². The van der Waals surface area contributed by atoms with E-state index in [9.17, 15) is 9.59 Å². The number of hydrogen-bond acceptors (Lipinski definition) is 4. The van der Waals surface area contributed by atoms with Gasteiger partial charge in [-0.15, -0.1) is 5.10 Å². The molecule has 15 heavy (non-hydrogen) atoms. The smallest absolute Gasteiger partial charge is 0.337 e. The molecule has 0 saturated carbocycles. The Morgan fingerprint density at radius 2 is 2.13 bits per heavy atom. The molecular weight excluding hydrogens is 196 g/mol. The maximum Gasteiger partial charge on any atom is 0.337 e. The molecule has 0 unspecified atom stereocenters. The number of carbonyl (C=O) groups is 1. The number of nitrogens with zero attached hydrogens (tertiary/aromatic N) is 2. The highest BCUT2D eigenvalue weighted by Crippen LogP contribution is 2.19. The summed E-state index contributed by atoms with van der Waals surface area (Å²) >= 11 is 0. The van der Waals surface area contributed by atoms with Gasteiger partial charge in [-0.1, -0.05) is 0 Å². The Balaban J connectivity index is 2.94. The Labute approximate surface area is 85.3 Å². The molecule has 0 amide bonds. The van der Waals surface area contributed by atoms with Crippen LogP contribution < -0.4 is 5.63 Å². The highest BCUT2D eigenvalue weighted by molar-refractivity contribution is 5.86. The van der Waals surface area contributed by atoms with E-state index >= 15 is 0 Å². The van der Waals surface area contributed by atoms with Gasteiger partial charge in [0.25, 0.3) is 0 Å². The van der Waals surface area contributed by atoms with Gasteiger partial charge in [0, 0.05) is 13.0 Å². The molecule has 2 aromatic heterocycles. The molecule has 0 aliphatic rings. The first-order valence-corrected chi connectivity index (χ1v) is 4.51. The highest BCUT2D eigenvalue weighted by atomic mass is 16.4. The summed E-state index contributed by atoms with van der Waals surface area (Å²) in [5.41, 5.74) is 1.23. The topological polar surface area (TPSA) is 65.1 Å². The van der Waals surface area contributed by atoms with Gasteiger partial charge >= 0.3 is 5.63 Å². The van der Waals surface area contributed by atoms with Gasteiger partial charge in [-0.25, -0.2) is 9.48 Å². The van der Waals surface area contributed by atoms with Crippen LogP contribution in [0.1, 0.15) is 23.0 Å². The normalized spacial score (nSPS) is 10.9. The zero-order valence-corrected chi connectivity index (χ0v) is 8.70. The van der Waals surface area contributed by atoms with Crippen LogP contribution in [0.2, 0.25) is 0 Å². The van der Waals surface area contributed by atoms with Crippen molar-refractivity contribution < 1.29 is 9.21 Å². The van der Waals surface area contributed by atoms with Crippen molar-refractivity contribution in [3.05, 3.63) is 27.7 Å². The fourth-order valence-corrected chi connectivity index (χ4v) is 1.68. The predicted molar refractivity (Wildman–Crippen MR) is 54.0 cm³/mol. The van der Waals surface area contributed by atoms with E-state index < -0.39 is 5.63 Å². The Morgan fingerprint density at radius 1 is 1.47 bits per heavy atom. The Morgan fingerprint density at radius 3 is 2.73 bits per heavy atom. The maximum absolute atomic E-state index is 11.2. The van der Waals surface area contributed by atoms with Gasteiger partial charge in [-0.2, -0.15) is 0 Å². The molecule has 5 heteroatoms. The molecule has 0 bridgehead atoms. The molecule has 0 aliphatic carbocycles. The SMILES string of the molecule is CC(=O)n1nc2oc(=O)cc(C)c2c1C. The average Bonchev–Trinajstić information content (AvgIpc) is 2.42. The van der Waals surface area contributed by atoms with Crippen LogP contribution in [0.15, 0.2) is 15.3 Å². The molecule has 2 rings (SSSR count). The lowest BCUT2D eigenvalue weighted by molar-refractivity contribution is 0.0919. The standard InChI is InChI=1S/C10H10N2O3/c1-5-4-8(14)15-10-9(5)6(2)12(11-10)7(3)13/h4H,1-3H3. The van der Waals surface area contributed by atoms with E-state index in [-0.39, 0.29) is 11.6 Å². The molecule has 0 atom stereocenters. The molecule has 78 valence electrons. The maximum atomic E-state index is 11.2. The summed E-state index contributed by atoms with van der Waals surface area (Å²) in [6.07, 6.45) is 0. The van der Waals surface area contributed by atoms with Crippen LogP contribution in [0.25, 0.3) is 11.1 Å². The summed E-state index contributed by atoms with van der Waals surface area (Å²) in [7, 11) is 0. The Hall–Kier alpha value is -1.91. The van der Waals surface area contributed by atoms with Crippen molar-refractivity contribution in [3.8, 4) is 0 Å². The van der Waals surface area contributed by atoms with Crippen LogP contribution in [0.4, 0.5) is 0 Å². The van der Waals surface area contributed by atoms with Crippen molar-refractivity contribution in [2.24, 2.45) is 0 Å². The third-order valence-electron chi connectivity index (χ3n) is 2.31. The van der Waals surface area contributed by atoms with Crippen molar-refractivity contribution >= 4 is 17.0 Å². The second-order valence-corrected chi connectivity index (χ2v) is 3.44. The monoisotopic (exact) mass is 206 g/mol. The molecule has 2 aromatic rings. The minimum absolute atomic E-state index is 0.203. The summed E-state index contributed by atoms with van der Waals surface area (Å²) in [6, 6.07) is 1.39. The van der Waals surface area contributed by atoms with Gasteiger partial charge in [0.1, 0.15) is 0 Å². The van der Waals surface area contributed by atoms with Crippen LogP contribution in [-0.4, -0.2) is 15.7 Å².